The van der Waals surface area contributed by atoms with Crippen LogP contribution in [-0.4, -0.2) is 6.04 Å². The third kappa shape index (κ3) is 5.65. The summed E-state index contributed by atoms with van der Waals surface area (Å²) < 4.78 is 0. The van der Waals surface area contributed by atoms with E-state index in [1.165, 1.54) is 77.6 Å². The van der Waals surface area contributed by atoms with Gasteiger partial charge < -0.3 is 0 Å². The summed E-state index contributed by atoms with van der Waals surface area (Å²) in [6.07, 6.45) is 37.4. The van der Waals surface area contributed by atoms with Crippen LogP contribution in [0.3, 0.4) is 0 Å². The van der Waals surface area contributed by atoms with Crippen LogP contribution in [-0.2, 0) is 11.8 Å². The second-order valence-corrected chi connectivity index (χ2v) is 19.6. The van der Waals surface area contributed by atoms with Crippen LogP contribution < -0.4 is 5.32 Å². The molecule has 1 heteroatoms. The van der Waals surface area contributed by atoms with Crippen molar-refractivity contribution in [3.05, 3.63) is 255 Å². The Bertz CT molecular complexity index is 3080. The second-order valence-electron chi connectivity index (χ2n) is 19.6. The molecule has 7 aliphatic carbocycles. The molecule has 1 heterocycles. The first-order valence-electron chi connectivity index (χ1n) is 23.5. The van der Waals surface area contributed by atoms with Crippen LogP contribution in [0.2, 0.25) is 0 Å². The highest BCUT2D eigenvalue weighted by Crippen LogP contribution is 2.62. The van der Waals surface area contributed by atoms with E-state index >= 15 is 0 Å². The first-order valence-corrected chi connectivity index (χ1v) is 23.5. The van der Waals surface area contributed by atoms with Crippen LogP contribution in [0.1, 0.15) is 89.1 Å². The molecule has 0 bridgehead atoms. The first-order chi connectivity index (χ1) is 31.0. The van der Waals surface area contributed by atoms with E-state index in [0.29, 0.717) is 23.7 Å². The van der Waals surface area contributed by atoms with Crippen LogP contribution in [0, 0.1) is 23.7 Å². The number of benzene rings is 5. The molecule has 0 radical (unpaired) electrons. The van der Waals surface area contributed by atoms with Crippen molar-refractivity contribution >= 4 is 28.0 Å². The van der Waals surface area contributed by atoms with Crippen molar-refractivity contribution in [1.29, 1.82) is 0 Å². The molecule has 0 aromatic heterocycles. The standard InChI is InChI=1S/C62H53N/c1-38-53(39-16-5-3-6-17-39)37-58(63-61(38)41-19-7-4-8-20-41)50-27-15-23-44-32-46(36-54(44)50)62(2)56-35-45(29-30-49(56)55-33-42-21-9-10-22-43(42)34-57(55)62)59-51-26-14-13-25-48(51)52-31-28-40-18-11-12-24-47(40)60(52)59/h3-7,9-19,21-31,33-38,40,47,49,56,58-59,61,63H,8,20,32H2,1-2H3. The summed E-state index contributed by atoms with van der Waals surface area (Å²) in [6, 6.07) is 42.0. The van der Waals surface area contributed by atoms with E-state index in [0.717, 1.165) is 19.3 Å². The van der Waals surface area contributed by atoms with Gasteiger partial charge in [0, 0.05) is 47.0 Å². The molecule has 0 saturated carbocycles. The van der Waals surface area contributed by atoms with Crippen LogP contribution >= 0.6 is 0 Å². The van der Waals surface area contributed by atoms with Gasteiger partial charge in [-0.3, -0.25) is 5.32 Å². The van der Waals surface area contributed by atoms with Gasteiger partial charge in [0.05, 0.1) is 6.04 Å². The maximum absolute atomic E-state index is 4.24. The fourth-order valence-electron chi connectivity index (χ4n) is 13.4. The maximum atomic E-state index is 4.24. The smallest absolute Gasteiger partial charge is 0.0523 e. The maximum Gasteiger partial charge on any atom is 0.0523 e. The Morgan fingerprint density at radius 2 is 1.51 bits per heavy atom. The van der Waals surface area contributed by atoms with Gasteiger partial charge in [-0.05, 0) is 103 Å². The Hall–Kier alpha value is -6.28. The monoisotopic (exact) mass is 811 g/mol. The minimum absolute atomic E-state index is 0.102. The molecular weight excluding hydrogens is 759 g/mol. The zero-order valence-electron chi connectivity index (χ0n) is 36.2. The Kier molecular flexibility index (Phi) is 8.51. The van der Waals surface area contributed by atoms with E-state index in [1.54, 1.807) is 11.1 Å². The van der Waals surface area contributed by atoms with E-state index in [1.807, 2.05) is 0 Å². The summed E-state index contributed by atoms with van der Waals surface area (Å²) in [5.74, 6) is 1.98. The van der Waals surface area contributed by atoms with Gasteiger partial charge in [-0.25, -0.2) is 0 Å². The van der Waals surface area contributed by atoms with Crippen molar-refractivity contribution in [3.63, 3.8) is 0 Å². The van der Waals surface area contributed by atoms with Crippen LogP contribution in [0.5, 0.6) is 0 Å². The van der Waals surface area contributed by atoms with E-state index in [-0.39, 0.29) is 29.3 Å². The minimum Gasteiger partial charge on any atom is -0.300 e. The van der Waals surface area contributed by atoms with Crippen LogP contribution in [0.25, 0.3) is 28.0 Å². The Morgan fingerprint density at radius 3 is 2.38 bits per heavy atom. The molecule has 1 nitrogen and oxygen atoms in total. The number of hydrogen-bond acceptors (Lipinski definition) is 1. The molecule has 9 unspecified atom stereocenters. The molecule has 5 aromatic rings. The number of hydrogen-bond donors (Lipinski definition) is 1. The second kappa shape index (κ2) is 14.4. The molecule has 63 heavy (non-hydrogen) atoms. The average molecular weight is 812 g/mol. The van der Waals surface area contributed by atoms with Crippen molar-refractivity contribution in [2.24, 2.45) is 23.7 Å². The molecule has 1 aliphatic heterocycles. The summed E-state index contributed by atoms with van der Waals surface area (Å²) in [6.45, 7) is 5.02. The molecular formula is C62H53N. The summed E-state index contributed by atoms with van der Waals surface area (Å²) in [5.41, 5.74) is 20.2. The summed E-state index contributed by atoms with van der Waals surface area (Å²) >= 11 is 0. The quantitative estimate of drug-likeness (QED) is 0.186. The highest BCUT2D eigenvalue weighted by molar-refractivity contribution is 5.89. The number of allylic oxidation sites excluding steroid dienone is 16. The molecule has 0 spiro atoms. The molecule has 306 valence electrons. The van der Waals surface area contributed by atoms with E-state index in [2.05, 4.69) is 213 Å². The van der Waals surface area contributed by atoms with Gasteiger partial charge in [-0.1, -0.05) is 213 Å². The lowest BCUT2D eigenvalue weighted by Crippen LogP contribution is -2.43. The molecule has 9 atom stereocenters. The van der Waals surface area contributed by atoms with Crippen molar-refractivity contribution < 1.29 is 0 Å². The van der Waals surface area contributed by atoms with Crippen molar-refractivity contribution in [1.82, 2.24) is 5.32 Å². The summed E-state index contributed by atoms with van der Waals surface area (Å²) in [4.78, 5) is 0. The molecule has 0 saturated heterocycles. The third-order valence-electron chi connectivity index (χ3n) is 16.5. The Balaban J connectivity index is 0.952. The van der Waals surface area contributed by atoms with E-state index in [4.69, 9.17) is 0 Å². The van der Waals surface area contributed by atoms with Gasteiger partial charge in [-0.15, -0.1) is 0 Å². The zero-order chi connectivity index (χ0) is 41.8. The summed E-state index contributed by atoms with van der Waals surface area (Å²) in [5, 5.41) is 6.90. The van der Waals surface area contributed by atoms with Crippen molar-refractivity contribution in [2.75, 3.05) is 0 Å². The number of rotatable bonds is 5. The Morgan fingerprint density at radius 1 is 0.698 bits per heavy atom. The highest BCUT2D eigenvalue weighted by atomic mass is 15.0. The number of nitrogens with one attached hydrogen (secondary N) is 1. The molecule has 5 aromatic carbocycles. The predicted octanol–water partition coefficient (Wildman–Crippen LogP) is 14.4. The fourth-order valence-corrected chi connectivity index (χ4v) is 13.4. The lowest BCUT2D eigenvalue weighted by atomic mass is 9.65. The predicted molar refractivity (Wildman–Crippen MR) is 263 cm³/mol. The first kappa shape index (κ1) is 37.3. The third-order valence-corrected chi connectivity index (χ3v) is 16.5. The lowest BCUT2D eigenvalue weighted by Gasteiger charge is -2.38. The molecule has 13 rings (SSSR count). The Labute approximate surface area is 372 Å². The zero-order valence-corrected chi connectivity index (χ0v) is 36.2. The normalized spacial score (nSPS) is 30.5. The number of fused-ring (bicyclic) bond motifs is 9. The highest BCUT2D eigenvalue weighted by Gasteiger charge is 2.52. The van der Waals surface area contributed by atoms with Crippen molar-refractivity contribution in [2.45, 2.75) is 62.4 Å². The van der Waals surface area contributed by atoms with E-state index in [9.17, 15) is 0 Å². The van der Waals surface area contributed by atoms with Gasteiger partial charge in [0.25, 0.3) is 0 Å². The lowest BCUT2D eigenvalue weighted by molar-refractivity contribution is 0.411. The SMILES string of the molecule is CC1C(c2ccccc2)=CC(c2cccc3c2C=C(C2(C)c4cc5ccccc5cc4C4C=CC(C5C6=C(C=CC7C=CC=CC67)c6ccccc65)=CC42)C3)NC1C1=CC=CCC1. The van der Waals surface area contributed by atoms with Gasteiger partial charge in [0.1, 0.15) is 0 Å². The van der Waals surface area contributed by atoms with Gasteiger partial charge >= 0.3 is 0 Å². The van der Waals surface area contributed by atoms with Gasteiger partial charge in [-0.2, -0.15) is 0 Å². The van der Waals surface area contributed by atoms with E-state index < -0.39 is 0 Å². The molecule has 8 aliphatic rings. The van der Waals surface area contributed by atoms with Gasteiger partial charge in [0.2, 0.25) is 0 Å². The minimum atomic E-state index is -0.199. The average Bonchev–Trinajstić information content (AvgIpc) is 4.01. The topological polar surface area (TPSA) is 12.0 Å². The van der Waals surface area contributed by atoms with Gasteiger partial charge in [0.15, 0.2) is 0 Å². The van der Waals surface area contributed by atoms with Crippen LogP contribution in [0.15, 0.2) is 210 Å². The fraction of sp³-hybridized carbons (Fsp3) is 0.226. The molecule has 1 N–H and O–H groups in total. The largest absolute Gasteiger partial charge is 0.300 e. The van der Waals surface area contributed by atoms with Crippen molar-refractivity contribution in [3.8, 4) is 0 Å². The van der Waals surface area contributed by atoms with Crippen LogP contribution in [0.4, 0.5) is 0 Å². The molecule has 0 amide bonds. The molecule has 0 fully saturated rings. The summed E-state index contributed by atoms with van der Waals surface area (Å²) in [7, 11) is 0.